The Bertz CT molecular complexity index is 1580. The van der Waals surface area contributed by atoms with Crippen molar-refractivity contribution in [1.29, 1.82) is 0 Å². The second-order valence-corrected chi connectivity index (χ2v) is 8.73. The van der Waals surface area contributed by atoms with Gasteiger partial charge >= 0.3 is 11.8 Å². The Labute approximate surface area is 213 Å². The molecule has 0 saturated carbocycles. The molecule has 186 valence electrons. The summed E-state index contributed by atoms with van der Waals surface area (Å²) in [5.41, 5.74) is 4.83. The number of carbonyl (C=O) groups excluding carboxylic acids is 3. The number of fused-ring (bicyclic) bond motifs is 2. The van der Waals surface area contributed by atoms with Gasteiger partial charge in [-0.2, -0.15) is 0 Å². The lowest BCUT2D eigenvalue weighted by Crippen LogP contribution is -2.37. The first kappa shape index (κ1) is 23.9. The first-order chi connectivity index (χ1) is 18.1. The van der Waals surface area contributed by atoms with Crippen LogP contribution in [0.1, 0.15) is 21.5 Å². The van der Waals surface area contributed by atoms with Gasteiger partial charge in [0.25, 0.3) is 5.91 Å². The molecule has 0 aliphatic rings. The van der Waals surface area contributed by atoms with Crippen LogP contribution >= 0.6 is 0 Å². The molecule has 8 nitrogen and oxygen atoms in total. The van der Waals surface area contributed by atoms with Crippen molar-refractivity contribution < 1.29 is 14.4 Å². The van der Waals surface area contributed by atoms with Crippen LogP contribution in [0.4, 0.5) is 5.69 Å². The van der Waals surface area contributed by atoms with Gasteiger partial charge in [-0.15, -0.1) is 0 Å². The fourth-order valence-electron chi connectivity index (χ4n) is 4.44. The predicted octanol–water partition coefficient (Wildman–Crippen LogP) is 3.92. The molecule has 5 rings (SSSR count). The Balaban J connectivity index is 1.14. The van der Waals surface area contributed by atoms with Gasteiger partial charge in [0, 0.05) is 47.3 Å². The standard InChI is InChI=1S/C29H27N5O3/c35-27(30-15-13-19-17-32-24-10-4-1-7-21(19)24)23-9-3-6-12-26(23)34-29(37)28(36)31-16-14-20-18-33-25-11-5-2-8-22(20)25/h1-12,17-18,32-33H,13-16H2,(H,30,35)(H,31,36)(H,34,37). The van der Waals surface area contributed by atoms with Crippen molar-refractivity contribution in [3.8, 4) is 0 Å². The van der Waals surface area contributed by atoms with E-state index in [4.69, 9.17) is 0 Å². The molecule has 0 spiro atoms. The number of amides is 3. The highest BCUT2D eigenvalue weighted by Gasteiger charge is 2.18. The second-order valence-electron chi connectivity index (χ2n) is 8.73. The van der Waals surface area contributed by atoms with E-state index in [9.17, 15) is 14.4 Å². The number of hydrogen-bond donors (Lipinski definition) is 5. The van der Waals surface area contributed by atoms with E-state index >= 15 is 0 Å². The summed E-state index contributed by atoms with van der Waals surface area (Å²) in [5, 5.41) is 10.3. The third-order valence-corrected chi connectivity index (χ3v) is 6.34. The summed E-state index contributed by atoms with van der Waals surface area (Å²) in [4.78, 5) is 44.2. The van der Waals surface area contributed by atoms with Crippen LogP contribution in [-0.4, -0.2) is 40.8 Å². The number of aromatic amines is 2. The summed E-state index contributed by atoms with van der Waals surface area (Å²) in [5.74, 6) is -1.90. The lowest BCUT2D eigenvalue weighted by atomic mass is 10.1. The van der Waals surface area contributed by atoms with Gasteiger partial charge in [0.05, 0.1) is 11.3 Å². The average molecular weight is 494 g/mol. The van der Waals surface area contributed by atoms with E-state index in [0.717, 1.165) is 32.9 Å². The van der Waals surface area contributed by atoms with Crippen LogP contribution in [-0.2, 0) is 22.4 Å². The lowest BCUT2D eigenvalue weighted by Gasteiger charge is -2.11. The second kappa shape index (κ2) is 10.8. The summed E-state index contributed by atoms with van der Waals surface area (Å²) in [6.07, 6.45) is 5.09. The molecule has 5 N–H and O–H groups in total. The Morgan fingerprint density at radius 3 is 1.81 bits per heavy atom. The number of carbonyl (C=O) groups is 3. The van der Waals surface area contributed by atoms with Gasteiger partial charge in [-0.1, -0.05) is 48.5 Å². The maximum atomic E-state index is 12.8. The van der Waals surface area contributed by atoms with Gasteiger partial charge in [0.1, 0.15) is 0 Å². The first-order valence-electron chi connectivity index (χ1n) is 12.2. The zero-order valence-corrected chi connectivity index (χ0v) is 20.1. The molecule has 0 saturated heterocycles. The molecule has 0 radical (unpaired) electrons. The molecule has 2 aromatic heterocycles. The smallest absolute Gasteiger partial charge is 0.313 e. The highest BCUT2D eigenvalue weighted by molar-refractivity contribution is 6.40. The molecule has 0 bridgehead atoms. The number of benzene rings is 3. The molecule has 3 amide bonds. The van der Waals surface area contributed by atoms with Crippen molar-refractivity contribution in [2.24, 2.45) is 0 Å². The fraction of sp³-hybridized carbons (Fsp3) is 0.138. The number of hydrogen-bond acceptors (Lipinski definition) is 3. The molecule has 0 atom stereocenters. The number of H-pyrrole nitrogens is 2. The summed E-state index contributed by atoms with van der Waals surface area (Å²) < 4.78 is 0. The van der Waals surface area contributed by atoms with Gasteiger partial charge < -0.3 is 25.9 Å². The van der Waals surface area contributed by atoms with Gasteiger partial charge in [-0.05, 0) is 48.2 Å². The van der Waals surface area contributed by atoms with E-state index in [1.54, 1.807) is 24.3 Å². The van der Waals surface area contributed by atoms with E-state index in [2.05, 4.69) is 25.9 Å². The van der Waals surface area contributed by atoms with E-state index in [0.29, 0.717) is 31.5 Å². The van der Waals surface area contributed by atoms with Gasteiger partial charge in [-0.3, -0.25) is 14.4 Å². The SMILES string of the molecule is O=C(NCCc1c[nH]c2ccccc12)C(=O)Nc1ccccc1C(=O)NCCc1c[nH]c2ccccc12. The van der Waals surface area contributed by atoms with Crippen molar-refractivity contribution in [2.45, 2.75) is 12.8 Å². The van der Waals surface area contributed by atoms with Crippen LogP contribution in [0, 0.1) is 0 Å². The van der Waals surface area contributed by atoms with Gasteiger partial charge in [0.15, 0.2) is 0 Å². The number of rotatable bonds is 8. The molecule has 37 heavy (non-hydrogen) atoms. The number of nitrogens with one attached hydrogen (secondary N) is 5. The van der Waals surface area contributed by atoms with Crippen LogP contribution in [0.25, 0.3) is 21.8 Å². The highest BCUT2D eigenvalue weighted by Crippen LogP contribution is 2.19. The molecule has 0 aliphatic heterocycles. The van der Waals surface area contributed by atoms with Crippen LogP contribution in [0.5, 0.6) is 0 Å². The molecule has 3 aromatic carbocycles. The molecule has 0 aliphatic carbocycles. The highest BCUT2D eigenvalue weighted by atomic mass is 16.2. The number of aromatic nitrogens is 2. The number of para-hydroxylation sites is 3. The Hall–Kier alpha value is -4.85. The van der Waals surface area contributed by atoms with Crippen molar-refractivity contribution in [3.05, 3.63) is 102 Å². The third-order valence-electron chi connectivity index (χ3n) is 6.34. The monoisotopic (exact) mass is 493 g/mol. The largest absolute Gasteiger partial charge is 0.361 e. The summed E-state index contributed by atoms with van der Waals surface area (Å²) >= 11 is 0. The van der Waals surface area contributed by atoms with E-state index in [1.807, 2.05) is 60.9 Å². The van der Waals surface area contributed by atoms with Crippen molar-refractivity contribution in [3.63, 3.8) is 0 Å². The van der Waals surface area contributed by atoms with Crippen LogP contribution in [0.15, 0.2) is 85.2 Å². The molecule has 0 fully saturated rings. The number of anilines is 1. The Morgan fingerprint density at radius 2 is 1.16 bits per heavy atom. The summed E-state index contributed by atoms with van der Waals surface area (Å²) in [6.45, 7) is 0.737. The molecule has 5 aromatic rings. The fourth-order valence-corrected chi connectivity index (χ4v) is 4.44. The average Bonchev–Trinajstić information content (AvgIpc) is 3.53. The van der Waals surface area contributed by atoms with Crippen LogP contribution in [0.3, 0.4) is 0 Å². The summed E-state index contributed by atoms with van der Waals surface area (Å²) in [6, 6.07) is 22.6. The van der Waals surface area contributed by atoms with E-state index in [-0.39, 0.29) is 11.6 Å². The van der Waals surface area contributed by atoms with Crippen molar-refractivity contribution in [2.75, 3.05) is 18.4 Å². The normalized spacial score (nSPS) is 10.9. The van der Waals surface area contributed by atoms with E-state index in [1.165, 1.54) is 0 Å². The zero-order chi connectivity index (χ0) is 25.6. The minimum atomic E-state index is -0.821. The molecule has 2 heterocycles. The molecular weight excluding hydrogens is 466 g/mol. The predicted molar refractivity (Wildman–Crippen MR) is 144 cm³/mol. The van der Waals surface area contributed by atoms with E-state index < -0.39 is 11.8 Å². The molecule has 0 unspecified atom stereocenters. The lowest BCUT2D eigenvalue weighted by molar-refractivity contribution is -0.136. The maximum absolute atomic E-state index is 12.8. The van der Waals surface area contributed by atoms with Gasteiger partial charge in [-0.25, -0.2) is 0 Å². The third kappa shape index (κ3) is 5.38. The van der Waals surface area contributed by atoms with Crippen molar-refractivity contribution in [1.82, 2.24) is 20.6 Å². The molecular formula is C29H27N5O3. The topological polar surface area (TPSA) is 119 Å². The molecule has 8 heteroatoms. The van der Waals surface area contributed by atoms with Crippen LogP contribution < -0.4 is 16.0 Å². The summed E-state index contributed by atoms with van der Waals surface area (Å²) in [7, 11) is 0. The minimum Gasteiger partial charge on any atom is -0.361 e. The van der Waals surface area contributed by atoms with Crippen LogP contribution in [0.2, 0.25) is 0 Å². The zero-order valence-electron chi connectivity index (χ0n) is 20.1. The van der Waals surface area contributed by atoms with Gasteiger partial charge in [0.2, 0.25) is 0 Å². The quantitative estimate of drug-likeness (QED) is 0.211. The van der Waals surface area contributed by atoms with Crippen molar-refractivity contribution >= 4 is 45.2 Å². The Kier molecular flexibility index (Phi) is 6.98. The maximum Gasteiger partial charge on any atom is 0.313 e. The Morgan fingerprint density at radius 1 is 0.622 bits per heavy atom. The first-order valence-corrected chi connectivity index (χ1v) is 12.2. The minimum absolute atomic E-state index is 0.281.